The van der Waals surface area contributed by atoms with Crippen molar-refractivity contribution in [2.75, 3.05) is 0 Å². The maximum atomic E-state index is 11.9. The van der Waals surface area contributed by atoms with E-state index < -0.39 is 10.8 Å². The maximum absolute atomic E-state index is 11.9. The lowest BCUT2D eigenvalue weighted by Crippen LogP contribution is -2.32. The van der Waals surface area contributed by atoms with Gasteiger partial charge in [-0.15, -0.1) is 12.3 Å². The van der Waals surface area contributed by atoms with E-state index in [1.165, 1.54) is 18.2 Å². The topological polar surface area (TPSA) is 72.2 Å². The van der Waals surface area contributed by atoms with Gasteiger partial charge in [0.25, 0.3) is 11.6 Å². The van der Waals surface area contributed by atoms with Gasteiger partial charge in [0.05, 0.1) is 4.92 Å². The van der Waals surface area contributed by atoms with Gasteiger partial charge in [0, 0.05) is 23.6 Å². The molecule has 1 unspecified atom stereocenters. The van der Waals surface area contributed by atoms with Crippen molar-refractivity contribution in [1.29, 1.82) is 0 Å². The molecular weight excluding hydrogens is 256 g/mol. The molecule has 0 aromatic heterocycles. The van der Waals surface area contributed by atoms with Crippen LogP contribution < -0.4 is 5.32 Å². The van der Waals surface area contributed by atoms with E-state index in [-0.39, 0.29) is 22.3 Å². The quantitative estimate of drug-likeness (QED) is 0.517. The maximum Gasteiger partial charge on any atom is 0.282 e. The van der Waals surface area contributed by atoms with Crippen LogP contribution in [0.25, 0.3) is 0 Å². The average molecular weight is 267 g/mol. The lowest BCUT2D eigenvalue weighted by atomic mass is 10.1. The number of nitro groups is 1. The Bertz CT molecular complexity index is 523. The Kier molecular flexibility index (Phi) is 4.69. The Labute approximate surface area is 109 Å². The number of hydrogen-bond acceptors (Lipinski definition) is 3. The SMILES string of the molecule is C#CCC(C)NC(=O)c1cc(Cl)ccc1[N+](=O)[O-]. The van der Waals surface area contributed by atoms with E-state index in [4.69, 9.17) is 18.0 Å². The smallest absolute Gasteiger partial charge is 0.282 e. The third-order valence-corrected chi connectivity index (χ3v) is 2.44. The molecule has 0 aliphatic carbocycles. The van der Waals surface area contributed by atoms with E-state index >= 15 is 0 Å². The van der Waals surface area contributed by atoms with Gasteiger partial charge in [-0.3, -0.25) is 14.9 Å². The number of nitro benzene ring substituents is 1. The second-order valence-electron chi connectivity index (χ2n) is 3.70. The highest BCUT2D eigenvalue weighted by molar-refractivity contribution is 6.31. The molecule has 1 aromatic carbocycles. The summed E-state index contributed by atoms with van der Waals surface area (Å²) in [7, 11) is 0. The van der Waals surface area contributed by atoms with Crippen LogP contribution in [0.3, 0.4) is 0 Å². The highest BCUT2D eigenvalue weighted by Crippen LogP contribution is 2.22. The normalized spacial score (nSPS) is 11.4. The van der Waals surface area contributed by atoms with E-state index in [0.717, 1.165) is 0 Å². The lowest BCUT2D eigenvalue weighted by molar-refractivity contribution is -0.385. The van der Waals surface area contributed by atoms with Crippen LogP contribution in [-0.4, -0.2) is 16.9 Å². The second-order valence-corrected chi connectivity index (χ2v) is 4.14. The summed E-state index contributed by atoms with van der Waals surface area (Å²) in [5.41, 5.74) is -0.360. The number of nitrogens with one attached hydrogen (secondary N) is 1. The molecule has 1 amide bonds. The molecule has 0 spiro atoms. The molecule has 0 heterocycles. The Morgan fingerprint density at radius 1 is 1.67 bits per heavy atom. The van der Waals surface area contributed by atoms with Crippen molar-refractivity contribution in [3.63, 3.8) is 0 Å². The van der Waals surface area contributed by atoms with Gasteiger partial charge in [-0.1, -0.05) is 11.6 Å². The van der Waals surface area contributed by atoms with Crippen LogP contribution >= 0.6 is 11.6 Å². The van der Waals surface area contributed by atoms with Crippen LogP contribution in [0.4, 0.5) is 5.69 Å². The molecule has 18 heavy (non-hydrogen) atoms. The molecule has 1 N–H and O–H groups in total. The number of nitrogens with zero attached hydrogens (tertiary/aromatic N) is 1. The van der Waals surface area contributed by atoms with E-state index in [9.17, 15) is 14.9 Å². The van der Waals surface area contributed by atoms with E-state index in [0.29, 0.717) is 6.42 Å². The average Bonchev–Trinajstić information content (AvgIpc) is 2.28. The van der Waals surface area contributed by atoms with Gasteiger partial charge < -0.3 is 5.32 Å². The van der Waals surface area contributed by atoms with Crippen LogP contribution in [0.5, 0.6) is 0 Å². The third-order valence-electron chi connectivity index (χ3n) is 2.20. The van der Waals surface area contributed by atoms with Gasteiger partial charge in [-0.2, -0.15) is 0 Å². The highest BCUT2D eigenvalue weighted by atomic mass is 35.5. The molecule has 0 fully saturated rings. The highest BCUT2D eigenvalue weighted by Gasteiger charge is 2.21. The largest absolute Gasteiger partial charge is 0.348 e. The minimum Gasteiger partial charge on any atom is -0.348 e. The number of amides is 1. The molecule has 1 rings (SSSR count). The van der Waals surface area contributed by atoms with Crippen molar-refractivity contribution in [2.24, 2.45) is 0 Å². The Morgan fingerprint density at radius 2 is 2.33 bits per heavy atom. The third kappa shape index (κ3) is 3.47. The molecule has 5 nitrogen and oxygen atoms in total. The molecule has 0 radical (unpaired) electrons. The zero-order valence-corrected chi connectivity index (χ0v) is 10.4. The zero-order valence-electron chi connectivity index (χ0n) is 9.64. The summed E-state index contributed by atoms with van der Waals surface area (Å²) in [6.07, 6.45) is 5.46. The molecule has 0 aliphatic heterocycles. The van der Waals surface area contributed by atoms with Crippen LogP contribution in [0.2, 0.25) is 5.02 Å². The molecule has 0 bridgehead atoms. The van der Waals surface area contributed by atoms with Crippen molar-refractivity contribution in [3.05, 3.63) is 38.9 Å². The van der Waals surface area contributed by atoms with Crippen LogP contribution in [0.15, 0.2) is 18.2 Å². The van der Waals surface area contributed by atoms with Crippen LogP contribution in [-0.2, 0) is 0 Å². The van der Waals surface area contributed by atoms with Gasteiger partial charge in [-0.25, -0.2) is 0 Å². The number of carbonyl (C=O) groups excluding carboxylic acids is 1. The lowest BCUT2D eigenvalue weighted by Gasteiger charge is -2.11. The molecule has 1 atom stereocenters. The predicted octanol–water partition coefficient (Wildman–Crippen LogP) is 2.39. The summed E-state index contributed by atoms with van der Waals surface area (Å²) in [5, 5.41) is 13.6. The summed E-state index contributed by atoms with van der Waals surface area (Å²) in [6, 6.07) is 3.56. The second kappa shape index (κ2) is 6.03. The fourth-order valence-electron chi connectivity index (χ4n) is 1.38. The van der Waals surface area contributed by atoms with Crippen molar-refractivity contribution < 1.29 is 9.72 Å². The van der Waals surface area contributed by atoms with E-state index in [2.05, 4.69) is 11.2 Å². The Morgan fingerprint density at radius 3 is 2.89 bits per heavy atom. The van der Waals surface area contributed by atoms with E-state index in [1.807, 2.05) is 0 Å². The zero-order chi connectivity index (χ0) is 13.7. The first-order chi connectivity index (χ1) is 8.45. The molecule has 94 valence electrons. The van der Waals surface area contributed by atoms with Crippen molar-refractivity contribution >= 4 is 23.2 Å². The fraction of sp³-hybridized carbons (Fsp3) is 0.250. The number of hydrogen-bond donors (Lipinski definition) is 1. The van der Waals surface area contributed by atoms with Crippen molar-refractivity contribution in [2.45, 2.75) is 19.4 Å². The minimum atomic E-state index is -0.628. The van der Waals surface area contributed by atoms with Gasteiger partial charge in [0.15, 0.2) is 0 Å². The molecule has 0 saturated carbocycles. The number of rotatable bonds is 4. The van der Waals surface area contributed by atoms with Crippen molar-refractivity contribution in [1.82, 2.24) is 5.32 Å². The first-order valence-electron chi connectivity index (χ1n) is 5.14. The van der Waals surface area contributed by atoms with Crippen molar-refractivity contribution in [3.8, 4) is 12.3 Å². The summed E-state index contributed by atoms with van der Waals surface area (Å²) in [5.74, 6) is 1.84. The number of carbonyl (C=O) groups is 1. The Balaban J connectivity index is 3.01. The summed E-state index contributed by atoms with van der Waals surface area (Å²) in [6.45, 7) is 1.72. The summed E-state index contributed by atoms with van der Waals surface area (Å²) < 4.78 is 0. The first kappa shape index (κ1) is 14.0. The molecule has 0 aliphatic rings. The minimum absolute atomic E-state index is 0.0728. The van der Waals surface area contributed by atoms with Gasteiger partial charge in [-0.05, 0) is 19.1 Å². The molecule has 1 aromatic rings. The molecular formula is C12H11ClN2O3. The Hall–Kier alpha value is -2.06. The first-order valence-corrected chi connectivity index (χ1v) is 5.51. The fourth-order valence-corrected chi connectivity index (χ4v) is 1.55. The number of terminal acetylenes is 1. The number of halogens is 1. The standard InChI is InChI=1S/C12H11ClN2O3/c1-3-4-8(2)14-12(16)10-7-9(13)5-6-11(10)15(17)18/h1,5-8H,4H2,2H3,(H,14,16). The van der Waals surface area contributed by atoms with Gasteiger partial charge in [0.2, 0.25) is 0 Å². The van der Waals surface area contributed by atoms with Crippen LogP contribution in [0.1, 0.15) is 23.7 Å². The summed E-state index contributed by atoms with van der Waals surface area (Å²) in [4.78, 5) is 22.0. The van der Waals surface area contributed by atoms with Crippen LogP contribution in [0, 0.1) is 22.5 Å². The van der Waals surface area contributed by atoms with Gasteiger partial charge >= 0.3 is 0 Å². The predicted molar refractivity (Wildman–Crippen MR) is 68.5 cm³/mol. The van der Waals surface area contributed by atoms with Gasteiger partial charge in [0.1, 0.15) is 5.56 Å². The number of benzene rings is 1. The van der Waals surface area contributed by atoms with E-state index in [1.54, 1.807) is 6.92 Å². The molecule has 0 saturated heterocycles. The monoisotopic (exact) mass is 266 g/mol. The molecule has 6 heteroatoms. The summed E-state index contributed by atoms with van der Waals surface area (Å²) >= 11 is 5.73.